The number of hydrogen-bond donors (Lipinski definition) is 0. The van der Waals surface area contributed by atoms with Gasteiger partial charge in [0.25, 0.3) is 0 Å². The highest BCUT2D eigenvalue weighted by atomic mass is 16.7. The summed E-state index contributed by atoms with van der Waals surface area (Å²) in [5.41, 5.74) is 4.31. The van der Waals surface area contributed by atoms with Gasteiger partial charge < -0.3 is 9.31 Å². The third kappa shape index (κ3) is 2.56. The Morgan fingerprint density at radius 3 is 2.40 bits per heavy atom. The summed E-state index contributed by atoms with van der Waals surface area (Å²) < 4.78 is 14.5. The van der Waals surface area contributed by atoms with E-state index in [4.69, 9.17) is 9.31 Å². The van der Waals surface area contributed by atoms with Crippen LogP contribution in [0.25, 0.3) is 5.69 Å². The standard InChI is InChI=1S/C20H27BN2O2/c1-18(2)11-10-14-13-22-23(17(14)18)16-9-7-8-15(12-16)21-24-19(3,4)20(5,6)25-21/h7-9,12-13H,10-11H2,1-6H3. The lowest BCUT2D eigenvalue weighted by molar-refractivity contribution is 0.00578. The molecule has 4 nitrogen and oxygen atoms in total. The minimum absolute atomic E-state index is 0.159. The Hall–Kier alpha value is -1.59. The van der Waals surface area contributed by atoms with Crippen LogP contribution in [-0.4, -0.2) is 28.1 Å². The van der Waals surface area contributed by atoms with Gasteiger partial charge in [0, 0.05) is 5.41 Å². The van der Waals surface area contributed by atoms with Gasteiger partial charge in [0.15, 0.2) is 0 Å². The Morgan fingerprint density at radius 1 is 1.04 bits per heavy atom. The first-order valence-electron chi connectivity index (χ1n) is 9.14. The van der Waals surface area contributed by atoms with E-state index in [0.29, 0.717) is 0 Å². The largest absolute Gasteiger partial charge is 0.494 e. The molecule has 2 aromatic rings. The molecule has 0 amide bonds. The van der Waals surface area contributed by atoms with Crippen LogP contribution in [0.2, 0.25) is 0 Å². The van der Waals surface area contributed by atoms with Crippen LogP contribution in [-0.2, 0) is 21.1 Å². The maximum absolute atomic E-state index is 6.20. The summed E-state index contributed by atoms with van der Waals surface area (Å²) in [5, 5.41) is 4.66. The van der Waals surface area contributed by atoms with Gasteiger partial charge in [0.1, 0.15) is 0 Å². The minimum Gasteiger partial charge on any atom is -0.399 e. The van der Waals surface area contributed by atoms with E-state index in [9.17, 15) is 0 Å². The van der Waals surface area contributed by atoms with E-state index in [-0.39, 0.29) is 23.7 Å². The van der Waals surface area contributed by atoms with Crippen molar-refractivity contribution in [3.8, 4) is 5.69 Å². The molecule has 0 atom stereocenters. The average molecular weight is 338 g/mol. The molecule has 1 aliphatic carbocycles. The number of hydrogen-bond acceptors (Lipinski definition) is 3. The first-order valence-corrected chi connectivity index (χ1v) is 9.14. The molecule has 132 valence electrons. The SMILES string of the molecule is CC1(C)CCc2cnn(-c3cccc(B4OC(C)(C)C(C)(C)O4)c3)c21. The zero-order valence-electron chi connectivity index (χ0n) is 16.1. The summed E-state index contributed by atoms with van der Waals surface area (Å²) in [5.74, 6) is 0. The molecule has 2 aliphatic rings. The van der Waals surface area contributed by atoms with Gasteiger partial charge in [-0.25, -0.2) is 4.68 Å². The third-order valence-corrected chi connectivity index (χ3v) is 6.15. The molecule has 25 heavy (non-hydrogen) atoms. The lowest BCUT2D eigenvalue weighted by Crippen LogP contribution is -2.41. The van der Waals surface area contributed by atoms with Crippen LogP contribution in [0.1, 0.15) is 59.2 Å². The summed E-state index contributed by atoms with van der Waals surface area (Å²) in [6.45, 7) is 12.9. The van der Waals surface area contributed by atoms with Crippen LogP contribution in [0.5, 0.6) is 0 Å². The van der Waals surface area contributed by atoms with Crippen molar-refractivity contribution >= 4 is 12.6 Å². The van der Waals surface area contributed by atoms with E-state index in [1.54, 1.807) is 0 Å². The number of fused-ring (bicyclic) bond motifs is 1. The molecule has 1 aromatic carbocycles. The maximum atomic E-state index is 6.20. The third-order valence-electron chi connectivity index (χ3n) is 6.15. The van der Waals surface area contributed by atoms with Crippen LogP contribution in [0.4, 0.5) is 0 Å². The molecule has 1 aromatic heterocycles. The molecule has 1 aliphatic heterocycles. The number of benzene rings is 1. The van der Waals surface area contributed by atoms with Crippen LogP contribution in [0.15, 0.2) is 30.5 Å². The molecule has 5 heteroatoms. The Labute approximate surface area is 150 Å². The van der Waals surface area contributed by atoms with Crippen molar-refractivity contribution in [1.82, 2.24) is 9.78 Å². The fraction of sp³-hybridized carbons (Fsp3) is 0.550. The quantitative estimate of drug-likeness (QED) is 0.788. The molecule has 0 spiro atoms. The molecule has 0 radical (unpaired) electrons. The monoisotopic (exact) mass is 338 g/mol. The van der Waals surface area contributed by atoms with E-state index < -0.39 is 0 Å². The summed E-state index contributed by atoms with van der Waals surface area (Å²) in [7, 11) is -0.346. The molecule has 0 N–H and O–H groups in total. The van der Waals surface area contributed by atoms with Gasteiger partial charge in [-0.1, -0.05) is 26.0 Å². The van der Waals surface area contributed by atoms with Gasteiger partial charge in [-0.05, 0) is 63.7 Å². The van der Waals surface area contributed by atoms with Gasteiger partial charge in [0.2, 0.25) is 0 Å². The molecule has 0 unspecified atom stereocenters. The van der Waals surface area contributed by atoms with Gasteiger partial charge in [-0.15, -0.1) is 0 Å². The van der Waals surface area contributed by atoms with Crippen LogP contribution in [0.3, 0.4) is 0 Å². The Balaban J connectivity index is 1.71. The summed E-state index contributed by atoms with van der Waals surface area (Å²) in [6.07, 6.45) is 4.31. The zero-order valence-corrected chi connectivity index (χ0v) is 16.1. The minimum atomic E-state index is -0.346. The van der Waals surface area contributed by atoms with Gasteiger partial charge in [0.05, 0.1) is 28.8 Å². The number of nitrogens with zero attached hydrogens (tertiary/aromatic N) is 2. The van der Waals surface area contributed by atoms with Crippen LogP contribution < -0.4 is 5.46 Å². The van der Waals surface area contributed by atoms with E-state index in [2.05, 4.69) is 75.6 Å². The predicted molar refractivity (Wildman–Crippen MR) is 101 cm³/mol. The van der Waals surface area contributed by atoms with Crippen LogP contribution in [0, 0.1) is 0 Å². The smallest absolute Gasteiger partial charge is 0.399 e. The van der Waals surface area contributed by atoms with Gasteiger partial charge in [-0.3, -0.25) is 0 Å². The molecule has 4 rings (SSSR count). The Bertz CT molecular complexity index is 807. The van der Waals surface area contributed by atoms with E-state index in [1.165, 1.54) is 17.7 Å². The first-order chi connectivity index (χ1) is 11.6. The molecule has 0 saturated carbocycles. The molecule has 1 fully saturated rings. The zero-order chi connectivity index (χ0) is 18.0. The highest BCUT2D eigenvalue weighted by Gasteiger charge is 2.51. The number of rotatable bonds is 2. The van der Waals surface area contributed by atoms with Crippen molar-refractivity contribution < 1.29 is 9.31 Å². The summed E-state index contributed by atoms with van der Waals surface area (Å²) in [4.78, 5) is 0. The van der Waals surface area contributed by atoms with Crippen molar-refractivity contribution in [2.75, 3.05) is 0 Å². The second-order valence-corrected chi connectivity index (χ2v) is 9.00. The maximum Gasteiger partial charge on any atom is 0.494 e. The lowest BCUT2D eigenvalue weighted by Gasteiger charge is -2.32. The molecular formula is C20H27BN2O2. The van der Waals surface area contributed by atoms with Crippen molar-refractivity contribution in [1.29, 1.82) is 0 Å². The summed E-state index contributed by atoms with van der Waals surface area (Å²) >= 11 is 0. The van der Waals surface area contributed by atoms with Crippen LogP contribution >= 0.6 is 0 Å². The van der Waals surface area contributed by atoms with Crippen molar-refractivity contribution in [2.45, 2.75) is 71.0 Å². The second-order valence-electron chi connectivity index (χ2n) is 9.00. The van der Waals surface area contributed by atoms with E-state index >= 15 is 0 Å². The van der Waals surface area contributed by atoms with Gasteiger partial charge in [-0.2, -0.15) is 5.10 Å². The number of aryl methyl sites for hydroxylation is 1. The van der Waals surface area contributed by atoms with Crippen molar-refractivity contribution in [2.24, 2.45) is 0 Å². The lowest BCUT2D eigenvalue weighted by atomic mass is 9.79. The molecule has 1 saturated heterocycles. The van der Waals surface area contributed by atoms with Crippen molar-refractivity contribution in [3.63, 3.8) is 0 Å². The average Bonchev–Trinajstić information content (AvgIpc) is 3.14. The highest BCUT2D eigenvalue weighted by molar-refractivity contribution is 6.62. The van der Waals surface area contributed by atoms with E-state index in [0.717, 1.165) is 17.6 Å². The topological polar surface area (TPSA) is 36.3 Å². The predicted octanol–water partition coefficient (Wildman–Crippen LogP) is 3.40. The first kappa shape index (κ1) is 16.9. The highest BCUT2D eigenvalue weighted by Crippen LogP contribution is 2.39. The summed E-state index contributed by atoms with van der Waals surface area (Å²) in [6, 6.07) is 8.38. The Kier molecular flexibility index (Phi) is 3.51. The number of aromatic nitrogens is 2. The fourth-order valence-electron chi connectivity index (χ4n) is 3.83. The fourth-order valence-corrected chi connectivity index (χ4v) is 3.83. The Morgan fingerprint density at radius 2 is 1.72 bits per heavy atom. The van der Waals surface area contributed by atoms with Gasteiger partial charge >= 0.3 is 7.12 Å². The second kappa shape index (κ2) is 5.21. The molecule has 0 bridgehead atoms. The van der Waals surface area contributed by atoms with E-state index in [1.807, 2.05) is 6.20 Å². The molecular weight excluding hydrogens is 311 g/mol. The van der Waals surface area contributed by atoms with Crippen molar-refractivity contribution in [3.05, 3.63) is 41.7 Å². The normalized spacial score (nSPS) is 23.0. The molecule has 2 heterocycles.